The summed E-state index contributed by atoms with van der Waals surface area (Å²) < 4.78 is 26.7. The number of carbonyl (C=O) groups is 1. The van der Waals surface area contributed by atoms with Crippen LogP contribution in [0.1, 0.15) is 22.3 Å². The zero-order chi connectivity index (χ0) is 19.7. The molecule has 0 saturated carbocycles. The number of carbonyl (C=O) groups excluding carboxylic acids is 1. The summed E-state index contributed by atoms with van der Waals surface area (Å²) in [4.78, 5) is 23.1. The number of hydrogen-bond donors (Lipinski definition) is 0. The lowest BCUT2D eigenvalue weighted by Crippen LogP contribution is -2.08. The van der Waals surface area contributed by atoms with Gasteiger partial charge in [0.25, 0.3) is 5.69 Å². The Morgan fingerprint density at radius 3 is 2.61 bits per heavy atom. The number of benzene rings is 2. The van der Waals surface area contributed by atoms with Crippen LogP contribution >= 0.6 is 11.6 Å². The van der Waals surface area contributed by atoms with Gasteiger partial charge in [-0.1, -0.05) is 11.6 Å². The van der Waals surface area contributed by atoms with Crippen LogP contribution in [0.2, 0.25) is 5.02 Å². The van der Waals surface area contributed by atoms with Crippen molar-refractivity contribution in [3.8, 4) is 23.0 Å². The molecule has 28 heavy (non-hydrogen) atoms. The lowest BCUT2D eigenvalue weighted by atomic mass is 10.1. The monoisotopic (exact) mass is 407 g/mol. The summed E-state index contributed by atoms with van der Waals surface area (Å²) in [6.45, 7) is 0.756. The second kappa shape index (κ2) is 7.43. The Morgan fingerprint density at radius 1 is 1.07 bits per heavy atom. The van der Waals surface area contributed by atoms with Crippen LogP contribution in [0.4, 0.5) is 5.69 Å². The first-order chi connectivity index (χ1) is 13.5. The molecule has 0 atom stereocenters. The summed E-state index contributed by atoms with van der Waals surface area (Å²) >= 11 is 6.22. The largest absolute Gasteiger partial charge is 0.489 e. The maximum Gasteiger partial charge on any atom is 0.345 e. The van der Waals surface area contributed by atoms with Crippen molar-refractivity contribution < 1.29 is 33.4 Å². The third-order valence-corrected chi connectivity index (χ3v) is 4.42. The summed E-state index contributed by atoms with van der Waals surface area (Å²) in [5, 5.41) is 11.6. The topological polar surface area (TPSA) is 106 Å². The Labute approximate surface area is 163 Å². The van der Waals surface area contributed by atoms with E-state index < -0.39 is 16.6 Å². The van der Waals surface area contributed by atoms with E-state index in [0.29, 0.717) is 35.3 Å². The third kappa shape index (κ3) is 3.48. The number of nitro groups is 1. The first-order valence-electron chi connectivity index (χ1n) is 8.36. The quantitative estimate of drug-likeness (QED) is 0.430. The average molecular weight is 408 g/mol. The molecule has 9 nitrogen and oxygen atoms in total. The molecule has 0 N–H and O–H groups in total. The lowest BCUT2D eigenvalue weighted by molar-refractivity contribution is -0.385. The zero-order valence-electron chi connectivity index (χ0n) is 14.4. The molecular weight excluding hydrogens is 394 g/mol. The fourth-order valence-corrected chi connectivity index (χ4v) is 3.13. The van der Waals surface area contributed by atoms with Crippen LogP contribution in [-0.4, -0.2) is 30.9 Å². The summed E-state index contributed by atoms with van der Waals surface area (Å²) in [5.41, 5.74) is -0.0911. The summed E-state index contributed by atoms with van der Waals surface area (Å²) in [6, 6.07) is 5.64. The minimum Gasteiger partial charge on any atom is -0.489 e. The normalized spacial score (nSPS) is 14.3. The molecule has 10 heteroatoms. The Bertz CT molecular complexity index is 961. The third-order valence-electron chi connectivity index (χ3n) is 4.14. The van der Waals surface area contributed by atoms with Gasteiger partial charge in [-0.15, -0.1) is 0 Å². The molecule has 2 aromatic rings. The maximum absolute atomic E-state index is 12.5. The molecule has 2 aliphatic rings. The molecule has 2 heterocycles. The van der Waals surface area contributed by atoms with E-state index >= 15 is 0 Å². The Balaban J connectivity index is 1.55. The van der Waals surface area contributed by atoms with Crippen molar-refractivity contribution in [3.63, 3.8) is 0 Å². The van der Waals surface area contributed by atoms with Gasteiger partial charge < -0.3 is 23.7 Å². The number of hydrogen-bond acceptors (Lipinski definition) is 8. The molecule has 2 aliphatic heterocycles. The molecule has 0 amide bonds. The Morgan fingerprint density at radius 2 is 1.82 bits per heavy atom. The number of nitrogens with zero attached hydrogens (tertiary/aromatic N) is 1. The second-order valence-corrected chi connectivity index (χ2v) is 6.42. The zero-order valence-corrected chi connectivity index (χ0v) is 15.2. The molecule has 0 radical (unpaired) electrons. The molecule has 146 valence electrons. The fraction of sp³-hybridized carbons (Fsp3) is 0.278. The predicted molar refractivity (Wildman–Crippen MR) is 95.4 cm³/mol. The van der Waals surface area contributed by atoms with Crippen LogP contribution in [0.3, 0.4) is 0 Å². The first kappa shape index (κ1) is 18.2. The van der Waals surface area contributed by atoms with Gasteiger partial charge in [0.15, 0.2) is 23.0 Å². The van der Waals surface area contributed by atoms with Gasteiger partial charge >= 0.3 is 5.97 Å². The Hall–Kier alpha value is -3.20. The van der Waals surface area contributed by atoms with E-state index in [2.05, 4.69) is 0 Å². The van der Waals surface area contributed by atoms with Crippen LogP contribution in [0, 0.1) is 10.1 Å². The highest BCUT2D eigenvalue weighted by atomic mass is 35.5. The molecule has 0 saturated heterocycles. The highest BCUT2D eigenvalue weighted by molar-refractivity contribution is 6.32. The van der Waals surface area contributed by atoms with Crippen molar-refractivity contribution >= 4 is 23.3 Å². The van der Waals surface area contributed by atoms with Gasteiger partial charge in [-0.05, 0) is 17.7 Å². The molecule has 0 fully saturated rings. The SMILES string of the molecule is O=C(OCc1cc(Cl)c2c(c1)OCCCO2)c1cc2c(cc1[N+](=O)[O-])OCO2. The van der Waals surface area contributed by atoms with Crippen LogP contribution in [0.25, 0.3) is 0 Å². The molecule has 0 spiro atoms. The molecule has 0 bridgehead atoms. The number of rotatable bonds is 4. The van der Waals surface area contributed by atoms with Gasteiger partial charge in [-0.3, -0.25) is 10.1 Å². The van der Waals surface area contributed by atoms with Crippen LogP contribution in [-0.2, 0) is 11.3 Å². The van der Waals surface area contributed by atoms with E-state index in [1.165, 1.54) is 6.07 Å². The first-order valence-corrected chi connectivity index (χ1v) is 8.74. The van der Waals surface area contributed by atoms with E-state index in [9.17, 15) is 14.9 Å². The summed E-state index contributed by atoms with van der Waals surface area (Å²) in [7, 11) is 0. The van der Waals surface area contributed by atoms with Crippen LogP contribution in [0.15, 0.2) is 24.3 Å². The Kier molecular flexibility index (Phi) is 4.82. The van der Waals surface area contributed by atoms with Crippen molar-refractivity contribution in [2.45, 2.75) is 13.0 Å². The van der Waals surface area contributed by atoms with Crippen molar-refractivity contribution in [3.05, 3.63) is 50.5 Å². The summed E-state index contributed by atoms with van der Waals surface area (Å²) in [6.07, 6.45) is 0.725. The van der Waals surface area contributed by atoms with Gasteiger partial charge in [0, 0.05) is 12.5 Å². The van der Waals surface area contributed by atoms with Gasteiger partial charge in [-0.2, -0.15) is 0 Å². The minimum atomic E-state index is -0.867. The lowest BCUT2D eigenvalue weighted by Gasteiger charge is -2.12. The predicted octanol–water partition coefficient (Wildman–Crippen LogP) is 3.50. The molecule has 0 unspecified atom stereocenters. The smallest absolute Gasteiger partial charge is 0.345 e. The van der Waals surface area contributed by atoms with Crippen molar-refractivity contribution in [2.75, 3.05) is 20.0 Å². The van der Waals surface area contributed by atoms with Crippen LogP contribution in [0.5, 0.6) is 23.0 Å². The van der Waals surface area contributed by atoms with E-state index in [-0.39, 0.29) is 30.5 Å². The van der Waals surface area contributed by atoms with E-state index in [4.69, 9.17) is 35.3 Å². The highest BCUT2D eigenvalue weighted by Gasteiger charge is 2.28. The number of esters is 1. The number of nitro benzene ring substituents is 1. The average Bonchev–Trinajstić information content (AvgIpc) is 3.00. The van der Waals surface area contributed by atoms with Gasteiger partial charge in [0.2, 0.25) is 6.79 Å². The number of fused-ring (bicyclic) bond motifs is 2. The molecular formula is C18H14ClNO8. The van der Waals surface area contributed by atoms with Crippen LogP contribution < -0.4 is 18.9 Å². The maximum atomic E-state index is 12.5. The van der Waals surface area contributed by atoms with E-state index in [1.54, 1.807) is 12.1 Å². The standard InChI is InChI=1S/C18H14ClNO8/c19-12-4-10(5-16-17(12)25-3-1-2-24-16)8-26-18(21)11-6-14-15(28-9-27-14)7-13(11)20(22)23/h4-7H,1-3,8-9H2. The van der Waals surface area contributed by atoms with Crippen molar-refractivity contribution in [2.24, 2.45) is 0 Å². The van der Waals surface area contributed by atoms with Crippen molar-refractivity contribution in [1.82, 2.24) is 0 Å². The number of halogens is 1. The highest BCUT2D eigenvalue weighted by Crippen LogP contribution is 2.39. The minimum absolute atomic E-state index is 0.0688. The van der Waals surface area contributed by atoms with Gasteiger partial charge in [-0.25, -0.2) is 4.79 Å². The molecule has 0 aromatic heterocycles. The van der Waals surface area contributed by atoms with E-state index in [0.717, 1.165) is 12.5 Å². The summed E-state index contributed by atoms with van der Waals surface area (Å²) in [5.74, 6) is 0.494. The number of ether oxygens (including phenoxy) is 5. The van der Waals surface area contributed by atoms with Crippen molar-refractivity contribution in [1.29, 1.82) is 0 Å². The molecule has 4 rings (SSSR count). The molecule has 0 aliphatic carbocycles. The van der Waals surface area contributed by atoms with Gasteiger partial charge in [0.05, 0.1) is 29.2 Å². The molecule has 2 aromatic carbocycles. The van der Waals surface area contributed by atoms with Gasteiger partial charge in [0.1, 0.15) is 12.2 Å². The fourth-order valence-electron chi connectivity index (χ4n) is 2.84. The van der Waals surface area contributed by atoms with E-state index in [1.807, 2.05) is 0 Å². The second-order valence-electron chi connectivity index (χ2n) is 6.01.